The van der Waals surface area contributed by atoms with Gasteiger partial charge in [-0.2, -0.15) is 0 Å². The Morgan fingerprint density at radius 2 is 1.74 bits per heavy atom. The maximum Gasteiger partial charge on any atom is 0.407 e. The fourth-order valence-corrected chi connectivity index (χ4v) is 5.48. The van der Waals surface area contributed by atoms with Crippen LogP contribution >= 0.6 is 0 Å². The molecule has 0 bridgehead atoms. The maximum absolute atomic E-state index is 13.2. The first kappa shape index (κ1) is 31.4. The molecule has 2 fully saturated rings. The van der Waals surface area contributed by atoms with E-state index in [1.807, 2.05) is 20.8 Å². The molecule has 1 unspecified atom stereocenters. The lowest BCUT2D eigenvalue weighted by atomic mass is 10.0. The van der Waals surface area contributed by atoms with Crippen LogP contribution in [-0.2, 0) is 19.1 Å². The summed E-state index contributed by atoms with van der Waals surface area (Å²) in [7, 11) is 0. The number of carbonyl (C=O) groups is 5. The summed E-state index contributed by atoms with van der Waals surface area (Å²) in [6.45, 7) is 10.3. The second-order valence-corrected chi connectivity index (χ2v) is 12.0. The summed E-state index contributed by atoms with van der Waals surface area (Å²) in [6.07, 6.45) is 4.43. The molecule has 5 amide bonds. The van der Waals surface area contributed by atoms with Crippen molar-refractivity contribution in [1.82, 2.24) is 20.4 Å². The van der Waals surface area contributed by atoms with Crippen LogP contribution in [0.1, 0.15) is 86.4 Å². The van der Waals surface area contributed by atoms with Crippen molar-refractivity contribution < 1.29 is 33.4 Å². The normalized spacial score (nSPS) is 20.0. The van der Waals surface area contributed by atoms with Crippen molar-refractivity contribution in [3.63, 3.8) is 0 Å². The van der Waals surface area contributed by atoms with Gasteiger partial charge in [0, 0.05) is 51.0 Å². The van der Waals surface area contributed by atoms with E-state index in [1.54, 1.807) is 18.2 Å². The molecule has 1 aromatic rings. The molecule has 0 aromatic heterocycles. The number of alkyl carbamates (subject to hydrolysis) is 1. The van der Waals surface area contributed by atoms with Crippen molar-refractivity contribution in [2.24, 2.45) is 0 Å². The van der Waals surface area contributed by atoms with Gasteiger partial charge in [-0.1, -0.05) is 6.07 Å². The van der Waals surface area contributed by atoms with E-state index in [0.29, 0.717) is 25.4 Å². The first-order valence-electron chi connectivity index (χ1n) is 14.9. The largest absolute Gasteiger partial charge is 0.444 e. The molecule has 0 radical (unpaired) electrons. The first-order valence-corrected chi connectivity index (χ1v) is 14.9. The monoisotopic (exact) mass is 585 g/mol. The summed E-state index contributed by atoms with van der Waals surface area (Å²) in [5, 5.41) is 8.42. The molecule has 12 heteroatoms. The first-order chi connectivity index (χ1) is 20.0. The average molecular weight is 586 g/mol. The van der Waals surface area contributed by atoms with Gasteiger partial charge in [-0.25, -0.2) is 4.79 Å². The lowest BCUT2D eigenvalue weighted by molar-refractivity contribution is -0.136. The quantitative estimate of drug-likeness (QED) is 0.249. The molecule has 3 aliphatic heterocycles. The number of ether oxygens (including phenoxy) is 2. The van der Waals surface area contributed by atoms with Crippen molar-refractivity contribution >= 4 is 35.4 Å². The molecular weight excluding hydrogens is 542 g/mol. The fraction of sp³-hybridized carbons (Fsp3) is 0.633. The molecule has 4 rings (SSSR count). The third-order valence-corrected chi connectivity index (χ3v) is 7.57. The van der Waals surface area contributed by atoms with E-state index in [1.165, 1.54) is 0 Å². The van der Waals surface area contributed by atoms with Crippen molar-refractivity contribution in [1.29, 1.82) is 0 Å². The Morgan fingerprint density at radius 3 is 2.45 bits per heavy atom. The Bertz CT molecular complexity index is 1170. The van der Waals surface area contributed by atoms with E-state index in [0.717, 1.165) is 56.6 Å². The Labute approximate surface area is 246 Å². The van der Waals surface area contributed by atoms with Gasteiger partial charge in [-0.05, 0) is 78.0 Å². The Morgan fingerprint density at radius 1 is 1.00 bits per heavy atom. The highest BCUT2D eigenvalue weighted by Crippen LogP contribution is 2.32. The summed E-state index contributed by atoms with van der Waals surface area (Å²) in [4.78, 5) is 65.2. The van der Waals surface area contributed by atoms with Crippen LogP contribution in [0.25, 0.3) is 0 Å². The molecule has 3 N–H and O–H groups in total. The summed E-state index contributed by atoms with van der Waals surface area (Å²) in [6, 6.07) is 4.21. The second-order valence-electron chi connectivity index (χ2n) is 12.0. The molecule has 0 saturated carbocycles. The zero-order chi connectivity index (χ0) is 30.3. The van der Waals surface area contributed by atoms with Crippen molar-refractivity contribution in [2.75, 3.05) is 44.7 Å². The number of anilines is 1. The fourth-order valence-electron chi connectivity index (χ4n) is 5.48. The highest BCUT2D eigenvalue weighted by molar-refractivity contribution is 6.25. The number of carbonyl (C=O) groups excluding carboxylic acids is 5. The van der Waals surface area contributed by atoms with Crippen LogP contribution in [0.4, 0.5) is 10.5 Å². The average Bonchev–Trinajstić information content (AvgIpc) is 3.17. The Hall–Kier alpha value is -3.51. The highest BCUT2D eigenvalue weighted by Gasteiger charge is 2.45. The lowest BCUT2D eigenvalue weighted by Crippen LogP contribution is -2.54. The van der Waals surface area contributed by atoms with Gasteiger partial charge in [0.2, 0.25) is 11.8 Å². The number of fused-ring (bicyclic) bond motifs is 1. The molecule has 0 aliphatic carbocycles. The molecule has 1 aromatic carbocycles. The molecule has 1 atom stereocenters. The number of hydrogen-bond acceptors (Lipinski definition) is 9. The SMILES string of the molecule is CC(C)(C)OC(=O)NC1CCN(CCCCOCCCNc2cccc3c2C(=O)N(C2CCC(=O)NC2=O)C3=O)CC1. The van der Waals surface area contributed by atoms with E-state index in [4.69, 9.17) is 9.47 Å². The highest BCUT2D eigenvalue weighted by atomic mass is 16.6. The predicted molar refractivity (Wildman–Crippen MR) is 155 cm³/mol. The van der Waals surface area contributed by atoms with Gasteiger partial charge >= 0.3 is 6.09 Å². The van der Waals surface area contributed by atoms with Gasteiger partial charge in [-0.15, -0.1) is 0 Å². The van der Waals surface area contributed by atoms with Gasteiger partial charge in [0.05, 0.1) is 11.1 Å². The number of amides is 5. The Balaban J connectivity index is 1.09. The van der Waals surface area contributed by atoms with Crippen LogP contribution in [0.5, 0.6) is 0 Å². The third-order valence-electron chi connectivity index (χ3n) is 7.57. The van der Waals surface area contributed by atoms with Gasteiger partial charge in [0.1, 0.15) is 11.6 Å². The molecule has 3 aliphatic rings. The summed E-state index contributed by atoms with van der Waals surface area (Å²) < 4.78 is 11.1. The van der Waals surface area contributed by atoms with Crippen LogP contribution in [0.15, 0.2) is 18.2 Å². The number of hydrogen-bond donors (Lipinski definition) is 3. The van der Waals surface area contributed by atoms with Crippen LogP contribution in [-0.4, -0.2) is 96.6 Å². The second kappa shape index (κ2) is 14.1. The van der Waals surface area contributed by atoms with Crippen molar-refractivity contribution in [3.05, 3.63) is 29.3 Å². The molecule has 42 heavy (non-hydrogen) atoms. The van der Waals surface area contributed by atoms with E-state index >= 15 is 0 Å². The van der Waals surface area contributed by atoms with E-state index < -0.39 is 35.3 Å². The number of piperidine rings is 2. The number of benzene rings is 1. The number of nitrogens with one attached hydrogen (secondary N) is 3. The zero-order valence-corrected chi connectivity index (χ0v) is 24.8. The van der Waals surface area contributed by atoms with E-state index in [-0.39, 0.29) is 36.1 Å². The van der Waals surface area contributed by atoms with E-state index in [9.17, 15) is 24.0 Å². The summed E-state index contributed by atoms with van der Waals surface area (Å²) >= 11 is 0. The Kier molecular flexibility index (Phi) is 10.6. The standard InChI is InChI=1S/C30H43N5O7/c1-30(2,3)42-29(40)32-20-12-16-34(17-13-20)15-4-5-18-41-19-7-14-31-22-9-6-8-21-25(22)28(39)35(27(21)38)23-10-11-24(36)33-26(23)37/h6,8-9,20,23,31H,4-5,7,10-19H2,1-3H3,(H,32,40)(H,33,36,37). The lowest BCUT2D eigenvalue weighted by Gasteiger charge is -2.32. The number of rotatable bonds is 12. The number of imide groups is 2. The molecule has 3 heterocycles. The smallest absolute Gasteiger partial charge is 0.407 e. The molecule has 12 nitrogen and oxygen atoms in total. The minimum Gasteiger partial charge on any atom is -0.444 e. The molecule has 2 saturated heterocycles. The maximum atomic E-state index is 13.2. The zero-order valence-electron chi connectivity index (χ0n) is 24.8. The van der Waals surface area contributed by atoms with E-state index in [2.05, 4.69) is 20.9 Å². The van der Waals surface area contributed by atoms with Crippen LogP contribution in [0, 0.1) is 0 Å². The van der Waals surface area contributed by atoms with Crippen LogP contribution < -0.4 is 16.0 Å². The number of likely N-dealkylation sites (tertiary alicyclic amines) is 1. The number of unbranched alkanes of at least 4 members (excludes halogenated alkanes) is 1. The predicted octanol–water partition coefficient (Wildman–Crippen LogP) is 2.68. The van der Waals surface area contributed by atoms with Gasteiger partial charge in [0.25, 0.3) is 11.8 Å². The van der Waals surface area contributed by atoms with Gasteiger partial charge < -0.3 is 25.0 Å². The summed E-state index contributed by atoms with van der Waals surface area (Å²) in [5.74, 6) is -2.06. The van der Waals surface area contributed by atoms with Crippen molar-refractivity contribution in [2.45, 2.75) is 83.4 Å². The molecular formula is C30H43N5O7. The minimum absolute atomic E-state index is 0.0860. The summed E-state index contributed by atoms with van der Waals surface area (Å²) in [5.41, 5.74) is 0.578. The number of nitrogens with zero attached hydrogens (tertiary/aromatic N) is 2. The van der Waals surface area contributed by atoms with Crippen LogP contribution in [0.2, 0.25) is 0 Å². The topological polar surface area (TPSA) is 146 Å². The van der Waals surface area contributed by atoms with Gasteiger partial charge in [-0.3, -0.25) is 29.4 Å². The molecule has 0 spiro atoms. The van der Waals surface area contributed by atoms with Gasteiger partial charge in [0.15, 0.2) is 0 Å². The van der Waals surface area contributed by atoms with Crippen molar-refractivity contribution in [3.8, 4) is 0 Å². The molecule has 230 valence electrons. The van der Waals surface area contributed by atoms with Crippen LogP contribution in [0.3, 0.4) is 0 Å². The third kappa shape index (κ3) is 8.28. The minimum atomic E-state index is -0.982.